The first kappa shape index (κ1) is 10.2. The van der Waals surface area contributed by atoms with Crippen LogP contribution in [0, 0.1) is 12.7 Å². The molecule has 0 spiro atoms. The third-order valence-electron chi connectivity index (χ3n) is 1.74. The molecule has 1 aromatic rings. The second-order valence-electron chi connectivity index (χ2n) is 2.52. The molecule has 0 amide bonds. The van der Waals surface area contributed by atoms with Crippen molar-refractivity contribution in [2.75, 3.05) is 7.11 Å². The Kier molecular flexibility index (Phi) is 3.03. The van der Waals surface area contributed by atoms with Crippen LogP contribution in [0.15, 0.2) is 16.6 Å². The van der Waals surface area contributed by atoms with Crippen molar-refractivity contribution in [3.63, 3.8) is 0 Å². The van der Waals surface area contributed by atoms with Crippen LogP contribution in [0.4, 0.5) is 4.39 Å². The minimum Gasteiger partial charge on any atom is -0.465 e. The Balaban J connectivity index is 3.33. The quantitative estimate of drug-likeness (QED) is 0.713. The van der Waals surface area contributed by atoms with Crippen LogP contribution in [0.3, 0.4) is 0 Å². The Morgan fingerprint density at radius 2 is 2.15 bits per heavy atom. The molecule has 2 nitrogen and oxygen atoms in total. The highest BCUT2D eigenvalue weighted by atomic mass is 79.9. The molecule has 0 saturated heterocycles. The number of methoxy groups -OCH3 is 1. The van der Waals surface area contributed by atoms with Gasteiger partial charge in [-0.3, -0.25) is 0 Å². The highest BCUT2D eigenvalue weighted by molar-refractivity contribution is 9.10. The molecule has 70 valence electrons. The van der Waals surface area contributed by atoms with Crippen molar-refractivity contribution in [1.82, 2.24) is 0 Å². The van der Waals surface area contributed by atoms with Crippen molar-refractivity contribution in [2.24, 2.45) is 0 Å². The molecule has 0 heterocycles. The van der Waals surface area contributed by atoms with E-state index in [4.69, 9.17) is 0 Å². The summed E-state index contributed by atoms with van der Waals surface area (Å²) in [7, 11) is 1.26. The predicted molar refractivity (Wildman–Crippen MR) is 50.2 cm³/mol. The fourth-order valence-corrected chi connectivity index (χ4v) is 1.60. The van der Waals surface area contributed by atoms with Gasteiger partial charge >= 0.3 is 5.97 Å². The third-order valence-corrected chi connectivity index (χ3v) is 2.40. The highest BCUT2D eigenvalue weighted by Gasteiger charge is 2.15. The van der Waals surface area contributed by atoms with Gasteiger partial charge in [-0.1, -0.05) is 0 Å². The van der Waals surface area contributed by atoms with E-state index >= 15 is 0 Å². The molecule has 4 heteroatoms. The molecule has 0 aliphatic heterocycles. The van der Waals surface area contributed by atoms with E-state index in [9.17, 15) is 9.18 Å². The fraction of sp³-hybridized carbons (Fsp3) is 0.222. The lowest BCUT2D eigenvalue weighted by molar-refractivity contribution is 0.0598. The van der Waals surface area contributed by atoms with Gasteiger partial charge in [0.1, 0.15) is 5.82 Å². The summed E-state index contributed by atoms with van der Waals surface area (Å²) in [4.78, 5) is 11.2. The summed E-state index contributed by atoms with van der Waals surface area (Å²) in [5.74, 6) is -0.951. The Morgan fingerprint density at radius 1 is 1.54 bits per heavy atom. The Hall–Kier alpha value is -0.900. The van der Waals surface area contributed by atoms with Gasteiger partial charge in [0.05, 0.1) is 12.7 Å². The van der Waals surface area contributed by atoms with Crippen LogP contribution >= 0.6 is 15.9 Å². The van der Waals surface area contributed by atoms with Gasteiger partial charge in [0.25, 0.3) is 0 Å². The molecule has 0 aliphatic carbocycles. The zero-order chi connectivity index (χ0) is 10.0. The third kappa shape index (κ3) is 1.88. The SMILES string of the molecule is COC(=O)c1c(Br)ccc(F)c1C. The summed E-state index contributed by atoms with van der Waals surface area (Å²) in [5, 5.41) is 0. The fourth-order valence-electron chi connectivity index (χ4n) is 1.01. The van der Waals surface area contributed by atoms with Crippen LogP contribution in [0.2, 0.25) is 0 Å². The lowest BCUT2D eigenvalue weighted by atomic mass is 10.1. The first-order chi connectivity index (χ1) is 6.07. The topological polar surface area (TPSA) is 26.3 Å². The molecule has 0 aliphatic rings. The number of esters is 1. The zero-order valence-corrected chi connectivity index (χ0v) is 8.81. The molecule has 0 aromatic heterocycles. The van der Waals surface area contributed by atoms with Crippen molar-refractivity contribution in [3.8, 4) is 0 Å². The van der Waals surface area contributed by atoms with Crippen molar-refractivity contribution in [1.29, 1.82) is 0 Å². The summed E-state index contributed by atoms with van der Waals surface area (Å²) < 4.78 is 18.1. The maximum absolute atomic E-state index is 13.0. The van der Waals surface area contributed by atoms with Gasteiger partial charge < -0.3 is 4.74 Å². The largest absolute Gasteiger partial charge is 0.465 e. The van der Waals surface area contributed by atoms with Gasteiger partial charge in [0.2, 0.25) is 0 Å². The average molecular weight is 247 g/mol. The zero-order valence-electron chi connectivity index (χ0n) is 7.23. The number of hydrogen-bond acceptors (Lipinski definition) is 2. The molecule has 0 saturated carbocycles. The molecule has 0 atom stereocenters. The first-order valence-corrected chi connectivity index (χ1v) is 4.40. The monoisotopic (exact) mass is 246 g/mol. The van der Waals surface area contributed by atoms with E-state index in [2.05, 4.69) is 20.7 Å². The number of halogens is 2. The molecule has 0 N–H and O–H groups in total. The summed E-state index contributed by atoms with van der Waals surface area (Å²) in [5.41, 5.74) is 0.531. The van der Waals surface area contributed by atoms with E-state index in [1.165, 1.54) is 26.2 Å². The minimum atomic E-state index is -0.538. The maximum Gasteiger partial charge on any atom is 0.339 e. The van der Waals surface area contributed by atoms with Gasteiger partial charge in [0.15, 0.2) is 0 Å². The Bertz CT molecular complexity index is 350. The number of benzene rings is 1. The molecule has 1 rings (SSSR count). The average Bonchev–Trinajstić information content (AvgIpc) is 2.12. The van der Waals surface area contributed by atoms with Crippen LogP contribution in [-0.4, -0.2) is 13.1 Å². The van der Waals surface area contributed by atoms with E-state index in [1.807, 2.05) is 0 Å². The minimum absolute atomic E-state index is 0.238. The van der Waals surface area contributed by atoms with Crippen molar-refractivity contribution >= 4 is 21.9 Å². The summed E-state index contributed by atoms with van der Waals surface area (Å²) in [6.07, 6.45) is 0. The first-order valence-electron chi connectivity index (χ1n) is 3.61. The van der Waals surface area contributed by atoms with Gasteiger partial charge in [-0.25, -0.2) is 9.18 Å². The van der Waals surface area contributed by atoms with Gasteiger partial charge in [-0.2, -0.15) is 0 Å². The van der Waals surface area contributed by atoms with E-state index < -0.39 is 11.8 Å². The van der Waals surface area contributed by atoms with Gasteiger partial charge in [0, 0.05) is 10.0 Å². The number of rotatable bonds is 1. The standard InChI is InChI=1S/C9H8BrFO2/c1-5-7(11)4-3-6(10)8(5)9(12)13-2/h3-4H,1-2H3. The lowest BCUT2D eigenvalue weighted by Gasteiger charge is -2.06. The summed E-state index contributed by atoms with van der Waals surface area (Å²) in [6, 6.07) is 2.78. The van der Waals surface area contributed by atoms with Crippen LogP contribution < -0.4 is 0 Å². The number of hydrogen-bond donors (Lipinski definition) is 0. The molecular weight excluding hydrogens is 239 g/mol. The van der Waals surface area contributed by atoms with Crippen molar-refractivity contribution in [3.05, 3.63) is 33.5 Å². The smallest absolute Gasteiger partial charge is 0.339 e. The Labute approximate surface area is 83.8 Å². The van der Waals surface area contributed by atoms with Crippen LogP contribution in [0.25, 0.3) is 0 Å². The molecule has 0 bridgehead atoms. The second kappa shape index (κ2) is 3.87. The van der Waals surface area contributed by atoms with E-state index in [0.29, 0.717) is 10.0 Å². The molecule has 13 heavy (non-hydrogen) atoms. The molecule has 0 unspecified atom stereocenters. The number of ether oxygens (including phenoxy) is 1. The molecule has 0 fully saturated rings. The van der Waals surface area contributed by atoms with E-state index in [-0.39, 0.29) is 5.56 Å². The predicted octanol–water partition coefficient (Wildman–Crippen LogP) is 2.68. The van der Waals surface area contributed by atoms with Crippen molar-refractivity contribution in [2.45, 2.75) is 6.92 Å². The summed E-state index contributed by atoms with van der Waals surface area (Å²) in [6.45, 7) is 1.53. The van der Waals surface area contributed by atoms with Crippen LogP contribution in [0.5, 0.6) is 0 Å². The van der Waals surface area contributed by atoms with E-state index in [0.717, 1.165) is 0 Å². The van der Waals surface area contributed by atoms with Crippen molar-refractivity contribution < 1.29 is 13.9 Å². The lowest BCUT2D eigenvalue weighted by Crippen LogP contribution is -2.06. The van der Waals surface area contributed by atoms with Gasteiger partial charge in [-0.15, -0.1) is 0 Å². The number of carbonyl (C=O) groups excluding carboxylic acids is 1. The highest BCUT2D eigenvalue weighted by Crippen LogP contribution is 2.23. The normalized spacial score (nSPS) is 9.85. The van der Waals surface area contributed by atoms with Crippen LogP contribution in [0.1, 0.15) is 15.9 Å². The van der Waals surface area contributed by atoms with Gasteiger partial charge in [-0.05, 0) is 35.0 Å². The molecule has 1 aromatic carbocycles. The number of carbonyl (C=O) groups is 1. The Morgan fingerprint density at radius 3 is 2.69 bits per heavy atom. The molecular formula is C9H8BrFO2. The maximum atomic E-state index is 13.0. The summed E-state index contributed by atoms with van der Waals surface area (Å²) >= 11 is 3.16. The van der Waals surface area contributed by atoms with E-state index in [1.54, 1.807) is 0 Å². The second-order valence-corrected chi connectivity index (χ2v) is 3.38. The molecule has 0 radical (unpaired) electrons. The van der Waals surface area contributed by atoms with Crippen LogP contribution in [-0.2, 0) is 4.74 Å².